The first-order chi connectivity index (χ1) is 11.5. The Hall–Kier alpha value is -2.57. The molecule has 2 N–H and O–H groups in total. The van der Waals surface area contributed by atoms with Crippen molar-refractivity contribution in [2.45, 2.75) is 6.61 Å². The van der Waals surface area contributed by atoms with Crippen LogP contribution in [-0.2, 0) is 6.61 Å². The van der Waals surface area contributed by atoms with Crippen molar-refractivity contribution in [3.8, 4) is 17.2 Å². The van der Waals surface area contributed by atoms with Gasteiger partial charge in [-0.3, -0.25) is 4.79 Å². The molecule has 3 aromatic rings. The number of carbonyl (C=O) groups excluding carboxylic acids is 1. The molecule has 0 radical (unpaired) electrons. The molecule has 0 unspecified atom stereocenters. The average molecular weight is 364 g/mol. The molecule has 0 fully saturated rings. The highest BCUT2D eigenvalue weighted by atomic mass is 35.5. The molecule has 0 spiro atoms. The van der Waals surface area contributed by atoms with Crippen molar-refractivity contribution in [3.05, 3.63) is 64.0 Å². The second-order valence-electron chi connectivity index (χ2n) is 4.81. The van der Waals surface area contributed by atoms with Crippen molar-refractivity contribution in [3.63, 3.8) is 0 Å². The lowest BCUT2D eigenvalue weighted by Crippen LogP contribution is -2.10. The van der Waals surface area contributed by atoms with Crippen molar-refractivity contribution in [2.24, 2.45) is 5.73 Å². The summed E-state index contributed by atoms with van der Waals surface area (Å²) in [7, 11) is 0. The fraction of sp³-hybridized carbons (Fsp3) is 0.0625. The number of halogens is 2. The van der Waals surface area contributed by atoms with Crippen molar-refractivity contribution in [1.29, 1.82) is 0 Å². The summed E-state index contributed by atoms with van der Waals surface area (Å²) in [6, 6.07) is 11.5. The Balaban J connectivity index is 1.72. The number of rotatable bonds is 5. The fourth-order valence-electron chi connectivity index (χ4n) is 1.97. The summed E-state index contributed by atoms with van der Waals surface area (Å²) in [5.74, 6) is 0.468. The van der Waals surface area contributed by atoms with Gasteiger partial charge in [0.25, 0.3) is 5.89 Å². The van der Waals surface area contributed by atoms with E-state index in [4.69, 9.17) is 38.1 Å². The SMILES string of the molecule is NC(=O)c1cccc(OCc2nnc(-c3ccc(Cl)cc3Cl)o2)c1. The number of hydrogen-bond acceptors (Lipinski definition) is 5. The molecule has 0 saturated heterocycles. The number of hydrogen-bond donors (Lipinski definition) is 1. The van der Waals surface area contributed by atoms with E-state index in [1.807, 2.05) is 0 Å². The first kappa shape index (κ1) is 16.3. The zero-order chi connectivity index (χ0) is 17.1. The van der Waals surface area contributed by atoms with E-state index < -0.39 is 5.91 Å². The van der Waals surface area contributed by atoms with Gasteiger partial charge in [-0.1, -0.05) is 29.3 Å². The van der Waals surface area contributed by atoms with Crippen LogP contribution in [-0.4, -0.2) is 16.1 Å². The minimum Gasteiger partial charge on any atom is -0.484 e. The molecule has 0 saturated carbocycles. The number of carbonyl (C=O) groups is 1. The lowest BCUT2D eigenvalue weighted by molar-refractivity contribution is 0.1000. The molecular weight excluding hydrogens is 353 g/mol. The lowest BCUT2D eigenvalue weighted by atomic mass is 10.2. The summed E-state index contributed by atoms with van der Waals surface area (Å²) in [4.78, 5) is 11.1. The van der Waals surface area contributed by atoms with Crippen LogP contribution in [0.2, 0.25) is 10.0 Å². The number of ether oxygens (including phenoxy) is 1. The number of benzene rings is 2. The minimum atomic E-state index is -0.530. The number of amides is 1. The van der Waals surface area contributed by atoms with Gasteiger partial charge in [0.15, 0.2) is 6.61 Å². The second kappa shape index (κ2) is 6.90. The smallest absolute Gasteiger partial charge is 0.254 e. The Morgan fingerprint density at radius 1 is 1.17 bits per heavy atom. The van der Waals surface area contributed by atoms with E-state index in [-0.39, 0.29) is 18.4 Å². The van der Waals surface area contributed by atoms with Gasteiger partial charge in [0.05, 0.1) is 10.6 Å². The highest BCUT2D eigenvalue weighted by Crippen LogP contribution is 2.29. The van der Waals surface area contributed by atoms with Gasteiger partial charge in [-0.25, -0.2) is 0 Å². The van der Waals surface area contributed by atoms with Crippen LogP contribution in [0.15, 0.2) is 46.9 Å². The molecule has 1 amide bonds. The molecule has 8 heteroatoms. The normalized spacial score (nSPS) is 10.6. The van der Waals surface area contributed by atoms with Crippen LogP contribution in [0.25, 0.3) is 11.5 Å². The Morgan fingerprint density at radius 2 is 2.00 bits per heavy atom. The summed E-state index contributed by atoms with van der Waals surface area (Å²) in [5, 5.41) is 8.77. The fourth-order valence-corrected chi connectivity index (χ4v) is 2.46. The molecule has 2 aromatic carbocycles. The molecule has 6 nitrogen and oxygen atoms in total. The van der Waals surface area contributed by atoms with Crippen molar-refractivity contribution in [2.75, 3.05) is 0 Å². The third kappa shape index (κ3) is 3.67. The summed E-state index contributed by atoms with van der Waals surface area (Å²) >= 11 is 12.0. The zero-order valence-corrected chi connectivity index (χ0v) is 13.7. The van der Waals surface area contributed by atoms with E-state index in [2.05, 4.69) is 10.2 Å². The molecular formula is C16H11Cl2N3O3. The standard InChI is InChI=1S/C16H11Cl2N3O3/c17-10-4-5-12(13(18)7-10)16-21-20-14(24-16)8-23-11-3-1-2-9(6-11)15(19)22/h1-7H,8H2,(H2,19,22). The maximum atomic E-state index is 11.1. The molecule has 1 aromatic heterocycles. The molecule has 0 atom stereocenters. The molecule has 0 aliphatic carbocycles. The van der Waals surface area contributed by atoms with E-state index in [1.165, 1.54) is 6.07 Å². The molecule has 3 rings (SSSR count). The second-order valence-corrected chi connectivity index (χ2v) is 5.65. The molecule has 0 aliphatic rings. The van der Waals surface area contributed by atoms with Crippen LogP contribution in [0.5, 0.6) is 5.75 Å². The third-order valence-electron chi connectivity index (χ3n) is 3.11. The number of nitrogens with two attached hydrogens (primary N) is 1. The maximum Gasteiger partial charge on any atom is 0.254 e. The van der Waals surface area contributed by atoms with E-state index in [0.29, 0.717) is 26.9 Å². The summed E-state index contributed by atoms with van der Waals surface area (Å²) < 4.78 is 11.0. The van der Waals surface area contributed by atoms with Gasteiger partial charge < -0.3 is 14.9 Å². The van der Waals surface area contributed by atoms with Crippen molar-refractivity contribution < 1.29 is 13.9 Å². The van der Waals surface area contributed by atoms with Gasteiger partial charge >= 0.3 is 0 Å². The molecule has 1 heterocycles. The number of aromatic nitrogens is 2. The van der Waals surface area contributed by atoms with E-state index in [9.17, 15) is 4.79 Å². The Morgan fingerprint density at radius 3 is 2.75 bits per heavy atom. The molecule has 122 valence electrons. The quantitative estimate of drug-likeness (QED) is 0.745. The van der Waals surface area contributed by atoms with Crippen molar-refractivity contribution >= 4 is 29.1 Å². The van der Waals surface area contributed by atoms with Crippen LogP contribution in [0.1, 0.15) is 16.2 Å². The molecule has 0 bridgehead atoms. The first-order valence-electron chi connectivity index (χ1n) is 6.83. The van der Waals surface area contributed by atoms with Crippen LogP contribution in [0.4, 0.5) is 0 Å². The molecule has 24 heavy (non-hydrogen) atoms. The largest absolute Gasteiger partial charge is 0.484 e. The molecule has 0 aliphatic heterocycles. The lowest BCUT2D eigenvalue weighted by Gasteiger charge is -2.04. The van der Waals surface area contributed by atoms with Gasteiger partial charge in [-0.2, -0.15) is 0 Å². The van der Waals surface area contributed by atoms with Crippen molar-refractivity contribution in [1.82, 2.24) is 10.2 Å². The van der Waals surface area contributed by atoms with Crippen LogP contribution >= 0.6 is 23.2 Å². The number of primary amides is 1. The topological polar surface area (TPSA) is 91.2 Å². The van der Waals surface area contributed by atoms with Gasteiger partial charge in [0.2, 0.25) is 11.8 Å². The third-order valence-corrected chi connectivity index (χ3v) is 3.66. The summed E-state index contributed by atoms with van der Waals surface area (Å²) in [5.41, 5.74) is 6.16. The Kier molecular flexibility index (Phi) is 4.69. The van der Waals surface area contributed by atoms with Gasteiger partial charge in [0.1, 0.15) is 5.75 Å². The highest BCUT2D eigenvalue weighted by Gasteiger charge is 2.13. The van der Waals surface area contributed by atoms with E-state index in [0.717, 1.165) is 0 Å². The maximum absolute atomic E-state index is 11.1. The minimum absolute atomic E-state index is 0.0421. The Bertz CT molecular complexity index is 896. The van der Waals surface area contributed by atoms with Gasteiger partial charge in [0, 0.05) is 10.6 Å². The average Bonchev–Trinajstić information content (AvgIpc) is 3.02. The monoisotopic (exact) mass is 363 g/mol. The van der Waals surface area contributed by atoms with Crippen LogP contribution in [0.3, 0.4) is 0 Å². The Labute approximate surface area is 147 Å². The van der Waals surface area contributed by atoms with Gasteiger partial charge in [-0.05, 0) is 36.4 Å². The van der Waals surface area contributed by atoms with Crippen LogP contribution in [0, 0.1) is 0 Å². The number of nitrogens with zero attached hydrogens (tertiary/aromatic N) is 2. The summed E-state index contributed by atoms with van der Waals surface area (Å²) in [6.07, 6.45) is 0. The van der Waals surface area contributed by atoms with Crippen LogP contribution < -0.4 is 10.5 Å². The predicted octanol–water partition coefficient (Wildman–Crippen LogP) is 3.72. The summed E-state index contributed by atoms with van der Waals surface area (Å²) in [6.45, 7) is 0.0421. The highest BCUT2D eigenvalue weighted by molar-refractivity contribution is 6.36. The first-order valence-corrected chi connectivity index (χ1v) is 7.59. The van der Waals surface area contributed by atoms with E-state index in [1.54, 1.807) is 36.4 Å². The van der Waals surface area contributed by atoms with Gasteiger partial charge in [-0.15, -0.1) is 10.2 Å². The zero-order valence-electron chi connectivity index (χ0n) is 12.2. The van der Waals surface area contributed by atoms with E-state index >= 15 is 0 Å². The predicted molar refractivity (Wildman–Crippen MR) is 89.0 cm³/mol.